The predicted octanol–water partition coefficient (Wildman–Crippen LogP) is 2.13. The fourth-order valence-electron chi connectivity index (χ4n) is 3.51. The first-order chi connectivity index (χ1) is 13.2. The van der Waals surface area contributed by atoms with Gasteiger partial charge in [0.1, 0.15) is 17.8 Å². The molecule has 6 nitrogen and oxygen atoms in total. The molecular formula is C21H25ClN3O3+. The monoisotopic (exact) mass is 402 g/mol. The molecule has 0 saturated carbocycles. The zero-order valence-electron chi connectivity index (χ0n) is 16.5. The van der Waals surface area contributed by atoms with E-state index in [1.54, 1.807) is 38.0 Å². The SMILES string of the molecule is COc1ccc(Cl)cc1C[NH+](C)CC(=O)N1c2ccccc2NC(=O)C1(C)C. The highest BCUT2D eigenvalue weighted by atomic mass is 35.5. The highest BCUT2D eigenvalue weighted by Gasteiger charge is 2.44. The second kappa shape index (κ2) is 7.81. The van der Waals surface area contributed by atoms with Crippen LogP contribution in [0.25, 0.3) is 0 Å². The van der Waals surface area contributed by atoms with Gasteiger partial charge in [-0.2, -0.15) is 0 Å². The Bertz CT molecular complexity index is 914. The highest BCUT2D eigenvalue weighted by molar-refractivity contribution is 6.30. The number of methoxy groups -OCH3 is 1. The number of anilines is 2. The Hall–Kier alpha value is -2.57. The Morgan fingerprint density at radius 1 is 1.25 bits per heavy atom. The minimum Gasteiger partial charge on any atom is -0.496 e. The molecule has 1 aliphatic rings. The summed E-state index contributed by atoms with van der Waals surface area (Å²) in [6.07, 6.45) is 0. The van der Waals surface area contributed by atoms with E-state index in [1.807, 2.05) is 37.4 Å². The minimum absolute atomic E-state index is 0.120. The standard InChI is InChI=1S/C21H24ClN3O3/c1-21(2)20(27)23-16-7-5-6-8-17(16)25(21)19(26)13-24(3)12-14-11-15(22)9-10-18(14)28-4/h5-11H,12-13H2,1-4H3,(H,23,27)/p+1. The van der Waals surface area contributed by atoms with E-state index in [9.17, 15) is 9.59 Å². The number of amides is 2. The van der Waals surface area contributed by atoms with Crippen molar-refractivity contribution >= 4 is 34.8 Å². The Balaban J connectivity index is 1.82. The molecule has 0 aromatic heterocycles. The van der Waals surface area contributed by atoms with Crippen LogP contribution in [-0.2, 0) is 16.1 Å². The van der Waals surface area contributed by atoms with Crippen LogP contribution in [0.15, 0.2) is 42.5 Å². The lowest BCUT2D eigenvalue weighted by molar-refractivity contribution is -0.885. The molecule has 3 rings (SSSR count). The van der Waals surface area contributed by atoms with Gasteiger partial charge in [0.15, 0.2) is 6.54 Å². The number of benzene rings is 2. The molecule has 1 unspecified atom stereocenters. The van der Waals surface area contributed by atoms with Crippen molar-refractivity contribution in [1.82, 2.24) is 0 Å². The van der Waals surface area contributed by atoms with Crippen LogP contribution in [0.5, 0.6) is 5.75 Å². The van der Waals surface area contributed by atoms with Gasteiger partial charge in [-0.15, -0.1) is 0 Å². The normalized spacial score (nSPS) is 16.2. The third-order valence-corrected chi connectivity index (χ3v) is 5.18. The number of carbonyl (C=O) groups excluding carboxylic acids is 2. The fraction of sp³-hybridized carbons (Fsp3) is 0.333. The summed E-state index contributed by atoms with van der Waals surface area (Å²) in [6.45, 7) is 4.30. The van der Waals surface area contributed by atoms with Crippen molar-refractivity contribution in [3.63, 3.8) is 0 Å². The first-order valence-electron chi connectivity index (χ1n) is 9.11. The van der Waals surface area contributed by atoms with Crippen LogP contribution in [0.1, 0.15) is 19.4 Å². The van der Waals surface area contributed by atoms with Crippen LogP contribution in [0.2, 0.25) is 5.02 Å². The second-order valence-electron chi connectivity index (χ2n) is 7.53. The van der Waals surface area contributed by atoms with Crippen molar-refractivity contribution in [2.45, 2.75) is 25.9 Å². The van der Waals surface area contributed by atoms with Crippen LogP contribution in [-0.4, -0.2) is 38.1 Å². The van der Waals surface area contributed by atoms with Crippen LogP contribution >= 0.6 is 11.6 Å². The zero-order valence-corrected chi connectivity index (χ0v) is 17.3. The molecular weight excluding hydrogens is 378 g/mol. The van der Waals surface area contributed by atoms with E-state index in [1.165, 1.54) is 0 Å². The number of fused-ring (bicyclic) bond motifs is 1. The molecule has 0 fully saturated rings. The molecule has 0 radical (unpaired) electrons. The number of nitrogens with zero attached hydrogens (tertiary/aromatic N) is 1. The number of rotatable bonds is 5. The zero-order chi connectivity index (χ0) is 20.5. The summed E-state index contributed by atoms with van der Waals surface area (Å²) < 4.78 is 5.40. The van der Waals surface area contributed by atoms with E-state index in [4.69, 9.17) is 16.3 Å². The van der Waals surface area contributed by atoms with Gasteiger partial charge >= 0.3 is 0 Å². The minimum atomic E-state index is -0.973. The number of halogens is 1. The third kappa shape index (κ3) is 3.84. The average Bonchev–Trinajstić information content (AvgIpc) is 2.62. The molecule has 0 saturated heterocycles. The number of hydrogen-bond acceptors (Lipinski definition) is 3. The first-order valence-corrected chi connectivity index (χ1v) is 9.49. The molecule has 7 heteroatoms. The topological polar surface area (TPSA) is 63.1 Å². The van der Waals surface area contributed by atoms with Gasteiger partial charge in [-0.05, 0) is 44.2 Å². The lowest BCUT2D eigenvalue weighted by atomic mass is 9.96. The smallest absolute Gasteiger partial charge is 0.283 e. The summed E-state index contributed by atoms with van der Waals surface area (Å²) in [7, 11) is 3.54. The predicted molar refractivity (Wildman–Crippen MR) is 110 cm³/mol. The van der Waals surface area contributed by atoms with Gasteiger partial charge in [0.25, 0.3) is 5.91 Å². The fourth-order valence-corrected chi connectivity index (χ4v) is 3.70. The molecule has 2 N–H and O–H groups in total. The van der Waals surface area contributed by atoms with Gasteiger partial charge in [-0.25, -0.2) is 0 Å². The average molecular weight is 403 g/mol. The van der Waals surface area contributed by atoms with Gasteiger partial charge in [-0.1, -0.05) is 23.7 Å². The summed E-state index contributed by atoms with van der Waals surface area (Å²) in [5, 5.41) is 3.50. The maximum absolute atomic E-state index is 13.2. The second-order valence-corrected chi connectivity index (χ2v) is 7.96. The number of para-hydroxylation sites is 2. The van der Waals surface area contributed by atoms with E-state index in [-0.39, 0.29) is 18.4 Å². The van der Waals surface area contributed by atoms with Crippen LogP contribution < -0.4 is 19.9 Å². The van der Waals surface area contributed by atoms with Crippen LogP contribution in [0.4, 0.5) is 11.4 Å². The summed E-state index contributed by atoms with van der Waals surface area (Å²) in [6, 6.07) is 12.8. The van der Waals surface area contributed by atoms with Crippen molar-refractivity contribution in [3.05, 3.63) is 53.1 Å². The van der Waals surface area contributed by atoms with Gasteiger partial charge in [0.2, 0.25) is 5.91 Å². The molecule has 0 spiro atoms. The number of carbonyl (C=O) groups is 2. The first kappa shape index (κ1) is 20.2. The summed E-state index contributed by atoms with van der Waals surface area (Å²) in [4.78, 5) is 28.3. The third-order valence-electron chi connectivity index (χ3n) is 4.94. The van der Waals surface area contributed by atoms with Crippen LogP contribution in [0, 0.1) is 0 Å². The summed E-state index contributed by atoms with van der Waals surface area (Å²) in [5.74, 6) is 0.415. The van der Waals surface area contributed by atoms with E-state index >= 15 is 0 Å². The maximum Gasteiger partial charge on any atom is 0.283 e. The van der Waals surface area contributed by atoms with Crippen molar-refractivity contribution in [3.8, 4) is 5.75 Å². The largest absolute Gasteiger partial charge is 0.496 e. The molecule has 1 heterocycles. The van der Waals surface area contributed by atoms with Crippen molar-refractivity contribution in [1.29, 1.82) is 0 Å². The lowest BCUT2D eigenvalue weighted by Crippen LogP contribution is -3.09. The molecule has 1 atom stereocenters. The Morgan fingerprint density at radius 3 is 2.68 bits per heavy atom. The van der Waals surface area contributed by atoms with Gasteiger partial charge < -0.3 is 15.0 Å². The van der Waals surface area contributed by atoms with Crippen molar-refractivity contribution in [2.75, 3.05) is 30.9 Å². The molecule has 0 aliphatic carbocycles. The molecule has 2 aromatic rings. The molecule has 1 aliphatic heterocycles. The van der Waals surface area contributed by atoms with E-state index in [0.29, 0.717) is 22.9 Å². The molecule has 0 bridgehead atoms. The number of hydrogen-bond donors (Lipinski definition) is 2. The number of ether oxygens (including phenoxy) is 1. The van der Waals surface area contributed by atoms with E-state index < -0.39 is 5.54 Å². The Kier molecular flexibility index (Phi) is 5.63. The van der Waals surface area contributed by atoms with Gasteiger partial charge in [-0.3, -0.25) is 14.5 Å². The molecule has 2 amide bonds. The summed E-state index contributed by atoms with van der Waals surface area (Å²) in [5.41, 5.74) is 1.32. The Labute approximate surface area is 170 Å². The van der Waals surface area contributed by atoms with Crippen LogP contribution in [0.3, 0.4) is 0 Å². The van der Waals surface area contributed by atoms with E-state index in [0.717, 1.165) is 16.2 Å². The lowest BCUT2D eigenvalue weighted by Gasteiger charge is -2.42. The highest BCUT2D eigenvalue weighted by Crippen LogP contribution is 2.36. The molecule has 28 heavy (non-hydrogen) atoms. The Morgan fingerprint density at radius 2 is 1.96 bits per heavy atom. The van der Waals surface area contributed by atoms with Crippen molar-refractivity contribution in [2.24, 2.45) is 0 Å². The number of nitrogens with one attached hydrogen (secondary N) is 2. The maximum atomic E-state index is 13.2. The van der Waals surface area contributed by atoms with Gasteiger partial charge in [0, 0.05) is 10.6 Å². The van der Waals surface area contributed by atoms with Gasteiger partial charge in [0.05, 0.1) is 25.5 Å². The number of quaternary nitrogens is 1. The summed E-state index contributed by atoms with van der Waals surface area (Å²) >= 11 is 6.11. The van der Waals surface area contributed by atoms with Crippen molar-refractivity contribution < 1.29 is 19.2 Å². The van der Waals surface area contributed by atoms with E-state index in [2.05, 4.69) is 5.32 Å². The molecule has 2 aromatic carbocycles. The molecule has 148 valence electrons. The number of likely N-dealkylation sites (N-methyl/N-ethyl adjacent to an activating group) is 1. The quantitative estimate of drug-likeness (QED) is 0.805.